The lowest BCUT2D eigenvalue weighted by Crippen LogP contribution is -2.00. The van der Waals surface area contributed by atoms with Crippen LogP contribution in [0.1, 0.15) is 25.7 Å². The molecule has 3 atom stereocenters. The number of fused-ring (bicyclic) bond motifs is 1. The van der Waals surface area contributed by atoms with E-state index in [-0.39, 0.29) is 5.92 Å². The van der Waals surface area contributed by atoms with Crippen LogP contribution in [0.2, 0.25) is 0 Å². The van der Waals surface area contributed by atoms with Gasteiger partial charge in [0.25, 0.3) is 0 Å². The molecule has 0 saturated heterocycles. The van der Waals surface area contributed by atoms with Gasteiger partial charge < -0.3 is 5.11 Å². The first-order chi connectivity index (χ1) is 5.80. The van der Waals surface area contributed by atoms with E-state index >= 15 is 0 Å². The minimum absolute atomic E-state index is 0.00935. The van der Waals surface area contributed by atoms with Crippen molar-refractivity contribution in [2.75, 3.05) is 0 Å². The zero-order valence-electron chi connectivity index (χ0n) is 7.07. The van der Waals surface area contributed by atoms with Gasteiger partial charge in [0, 0.05) is 0 Å². The smallest absolute Gasteiger partial charge is 0.307 e. The minimum Gasteiger partial charge on any atom is -0.481 e. The Kier molecular flexibility index (Phi) is 1.91. The summed E-state index contributed by atoms with van der Waals surface area (Å²) in [6.45, 7) is 0. The molecule has 2 aliphatic rings. The van der Waals surface area contributed by atoms with Gasteiger partial charge in [-0.3, -0.25) is 4.79 Å². The van der Waals surface area contributed by atoms with Crippen molar-refractivity contribution in [2.24, 2.45) is 17.8 Å². The van der Waals surface area contributed by atoms with Crippen LogP contribution in [-0.4, -0.2) is 11.1 Å². The van der Waals surface area contributed by atoms with E-state index in [1.807, 2.05) is 0 Å². The summed E-state index contributed by atoms with van der Waals surface area (Å²) in [4.78, 5) is 10.7. The second kappa shape index (κ2) is 2.92. The van der Waals surface area contributed by atoms with Crippen molar-refractivity contribution in [3.63, 3.8) is 0 Å². The van der Waals surface area contributed by atoms with Crippen LogP contribution in [0.3, 0.4) is 0 Å². The van der Waals surface area contributed by atoms with Crippen LogP contribution >= 0.6 is 0 Å². The molecule has 2 aliphatic carbocycles. The van der Waals surface area contributed by atoms with Gasteiger partial charge in [0.15, 0.2) is 0 Å². The number of carboxylic acids is 1. The first-order valence-electron chi connectivity index (χ1n) is 4.68. The second-order valence-corrected chi connectivity index (χ2v) is 3.82. The third kappa shape index (κ3) is 1.26. The zero-order chi connectivity index (χ0) is 8.55. The molecular formula is C10H14O2. The molecule has 0 heterocycles. The lowest BCUT2D eigenvalue weighted by Gasteiger charge is -1.98. The summed E-state index contributed by atoms with van der Waals surface area (Å²) >= 11 is 0. The number of hydrogen-bond donors (Lipinski definition) is 1. The molecular weight excluding hydrogens is 152 g/mol. The van der Waals surface area contributed by atoms with E-state index in [1.165, 1.54) is 0 Å². The van der Waals surface area contributed by atoms with E-state index in [9.17, 15) is 4.79 Å². The summed E-state index contributed by atoms with van der Waals surface area (Å²) in [5.74, 6) is 0.400. The van der Waals surface area contributed by atoms with Crippen LogP contribution in [0.15, 0.2) is 12.2 Å². The average Bonchev–Trinajstić information content (AvgIpc) is 2.60. The van der Waals surface area contributed by atoms with Crippen molar-refractivity contribution in [3.05, 3.63) is 12.2 Å². The lowest BCUT2D eigenvalue weighted by molar-refractivity contribution is -0.139. The van der Waals surface area contributed by atoms with Crippen LogP contribution in [0.4, 0.5) is 0 Å². The molecule has 0 spiro atoms. The van der Waals surface area contributed by atoms with Gasteiger partial charge in [-0.25, -0.2) is 0 Å². The number of hydrogen-bond acceptors (Lipinski definition) is 1. The maximum Gasteiger partial charge on any atom is 0.307 e. The number of allylic oxidation sites excluding steroid dienone is 2. The molecule has 12 heavy (non-hydrogen) atoms. The molecule has 0 aromatic rings. The Morgan fingerprint density at radius 3 is 2.08 bits per heavy atom. The Hall–Kier alpha value is -0.790. The Balaban J connectivity index is 1.98. The quantitative estimate of drug-likeness (QED) is 0.605. The fraction of sp³-hybridized carbons (Fsp3) is 0.700. The highest BCUT2D eigenvalue weighted by molar-refractivity contribution is 5.74. The van der Waals surface area contributed by atoms with E-state index in [2.05, 4.69) is 12.2 Å². The molecule has 0 aromatic carbocycles. The maximum absolute atomic E-state index is 10.7. The van der Waals surface area contributed by atoms with Gasteiger partial charge in [-0.2, -0.15) is 0 Å². The number of aliphatic carboxylic acids is 1. The second-order valence-electron chi connectivity index (χ2n) is 3.82. The molecule has 2 nitrogen and oxygen atoms in total. The molecule has 0 aliphatic heterocycles. The SMILES string of the molecule is O=C(O)C1[C@H]2CC/C=C/CC[C@@H]12. The summed E-state index contributed by atoms with van der Waals surface area (Å²) in [6.07, 6.45) is 8.69. The zero-order valence-corrected chi connectivity index (χ0v) is 7.07. The molecule has 0 radical (unpaired) electrons. The Morgan fingerprint density at radius 2 is 1.67 bits per heavy atom. The normalized spacial score (nSPS) is 42.2. The minimum atomic E-state index is -0.577. The topological polar surface area (TPSA) is 37.3 Å². The van der Waals surface area contributed by atoms with Crippen molar-refractivity contribution >= 4 is 5.97 Å². The molecule has 1 unspecified atom stereocenters. The lowest BCUT2D eigenvalue weighted by atomic mass is 10.1. The van der Waals surface area contributed by atoms with Crippen molar-refractivity contribution in [1.82, 2.24) is 0 Å². The summed E-state index contributed by atoms with van der Waals surface area (Å²) in [5, 5.41) is 8.85. The van der Waals surface area contributed by atoms with E-state index < -0.39 is 5.97 Å². The van der Waals surface area contributed by atoms with Crippen molar-refractivity contribution < 1.29 is 9.90 Å². The van der Waals surface area contributed by atoms with Gasteiger partial charge in [-0.15, -0.1) is 0 Å². The third-order valence-electron chi connectivity index (χ3n) is 3.12. The van der Waals surface area contributed by atoms with Crippen LogP contribution in [0, 0.1) is 17.8 Å². The van der Waals surface area contributed by atoms with E-state index in [0.717, 1.165) is 25.7 Å². The maximum atomic E-state index is 10.7. The Morgan fingerprint density at radius 1 is 1.17 bits per heavy atom. The van der Waals surface area contributed by atoms with E-state index in [0.29, 0.717) is 11.8 Å². The highest BCUT2D eigenvalue weighted by atomic mass is 16.4. The largest absolute Gasteiger partial charge is 0.481 e. The first-order valence-corrected chi connectivity index (χ1v) is 4.68. The molecule has 66 valence electrons. The fourth-order valence-electron chi connectivity index (χ4n) is 2.41. The highest BCUT2D eigenvalue weighted by Gasteiger charge is 2.53. The number of carboxylic acid groups (broad SMARTS) is 1. The van der Waals surface area contributed by atoms with Crippen molar-refractivity contribution in [2.45, 2.75) is 25.7 Å². The molecule has 1 fully saturated rings. The van der Waals surface area contributed by atoms with Gasteiger partial charge in [-0.1, -0.05) is 12.2 Å². The van der Waals surface area contributed by atoms with Crippen molar-refractivity contribution in [3.8, 4) is 0 Å². The standard InChI is InChI=1S/C10H14O2/c11-10(12)9-7-5-3-1-2-4-6-8(7)9/h1-2,7-9H,3-6H2,(H,11,12)/b2-1+/t7-,8+,9?. The van der Waals surface area contributed by atoms with Gasteiger partial charge in [0.1, 0.15) is 0 Å². The molecule has 1 saturated carbocycles. The molecule has 2 heteroatoms. The third-order valence-corrected chi connectivity index (χ3v) is 3.12. The molecule has 1 N–H and O–H groups in total. The predicted octanol–water partition coefficient (Wildman–Crippen LogP) is 2.06. The van der Waals surface area contributed by atoms with Gasteiger partial charge in [-0.05, 0) is 37.5 Å². The Labute approximate surface area is 72.3 Å². The monoisotopic (exact) mass is 166 g/mol. The molecule has 0 amide bonds. The van der Waals surface area contributed by atoms with Crippen LogP contribution in [0.25, 0.3) is 0 Å². The fourth-order valence-corrected chi connectivity index (χ4v) is 2.41. The van der Waals surface area contributed by atoms with E-state index in [1.54, 1.807) is 0 Å². The van der Waals surface area contributed by atoms with E-state index in [4.69, 9.17) is 5.11 Å². The van der Waals surface area contributed by atoms with Gasteiger partial charge in [0.05, 0.1) is 5.92 Å². The highest BCUT2D eigenvalue weighted by Crippen LogP contribution is 2.52. The van der Waals surface area contributed by atoms with Crippen LogP contribution in [-0.2, 0) is 4.79 Å². The molecule has 0 bridgehead atoms. The average molecular weight is 166 g/mol. The molecule has 2 rings (SSSR count). The van der Waals surface area contributed by atoms with Gasteiger partial charge in [0.2, 0.25) is 0 Å². The number of carbonyl (C=O) groups is 1. The predicted molar refractivity (Wildman–Crippen MR) is 45.7 cm³/mol. The summed E-state index contributed by atoms with van der Waals surface area (Å²) < 4.78 is 0. The van der Waals surface area contributed by atoms with Crippen LogP contribution in [0.5, 0.6) is 0 Å². The van der Waals surface area contributed by atoms with Crippen molar-refractivity contribution in [1.29, 1.82) is 0 Å². The Bertz CT molecular complexity index is 204. The van der Waals surface area contributed by atoms with Gasteiger partial charge >= 0.3 is 5.97 Å². The first kappa shape index (κ1) is 7.84. The summed E-state index contributed by atoms with van der Waals surface area (Å²) in [5.41, 5.74) is 0. The summed E-state index contributed by atoms with van der Waals surface area (Å²) in [6, 6.07) is 0. The molecule has 0 aromatic heterocycles. The summed E-state index contributed by atoms with van der Waals surface area (Å²) in [7, 11) is 0. The number of rotatable bonds is 1. The van der Waals surface area contributed by atoms with Crippen LogP contribution < -0.4 is 0 Å².